The number of likely N-dealkylation sites (tertiary alicyclic amines) is 1. The Labute approximate surface area is 140 Å². The summed E-state index contributed by atoms with van der Waals surface area (Å²) in [7, 11) is 0. The first kappa shape index (κ1) is 14.6. The van der Waals surface area contributed by atoms with E-state index in [1.165, 1.54) is 4.88 Å². The molecule has 2 aromatic rings. The summed E-state index contributed by atoms with van der Waals surface area (Å²) in [6.07, 6.45) is 2.94. The van der Waals surface area contributed by atoms with Crippen LogP contribution < -0.4 is 10.1 Å². The number of carbonyl (C=O) groups is 1. The van der Waals surface area contributed by atoms with Crippen LogP contribution in [0.15, 0.2) is 41.8 Å². The second-order valence-corrected chi connectivity index (χ2v) is 7.02. The van der Waals surface area contributed by atoms with E-state index in [2.05, 4.69) is 22.8 Å². The van der Waals surface area contributed by atoms with Crippen molar-refractivity contribution >= 4 is 17.4 Å². The molecule has 1 fully saturated rings. The summed E-state index contributed by atoms with van der Waals surface area (Å²) in [6, 6.07) is 12.5. The molecule has 3 heterocycles. The van der Waals surface area contributed by atoms with E-state index in [1.54, 1.807) is 11.3 Å². The lowest BCUT2D eigenvalue weighted by Gasteiger charge is -2.30. The lowest BCUT2D eigenvalue weighted by Crippen LogP contribution is -2.42. The monoisotopic (exact) mass is 328 g/mol. The first-order valence-electron chi connectivity index (χ1n) is 8.15. The Morgan fingerprint density at radius 2 is 2.13 bits per heavy atom. The van der Waals surface area contributed by atoms with Crippen LogP contribution in [-0.2, 0) is 0 Å². The van der Waals surface area contributed by atoms with Gasteiger partial charge < -0.3 is 15.0 Å². The van der Waals surface area contributed by atoms with Gasteiger partial charge in [0.25, 0.3) is 0 Å². The predicted octanol–water partition coefficient (Wildman–Crippen LogP) is 4.12. The number of carbonyl (C=O) groups excluding carboxylic acids is 1. The number of ether oxygens (including phenoxy) is 1. The smallest absolute Gasteiger partial charge is 0.318 e. The molecule has 4 nitrogen and oxygen atoms in total. The zero-order valence-corrected chi connectivity index (χ0v) is 13.7. The van der Waals surface area contributed by atoms with E-state index in [0.29, 0.717) is 6.61 Å². The van der Waals surface area contributed by atoms with E-state index in [4.69, 9.17) is 4.74 Å². The predicted molar refractivity (Wildman–Crippen MR) is 90.8 cm³/mol. The maximum atomic E-state index is 12.8. The molecule has 2 amide bonds. The Hall–Kier alpha value is -2.01. The molecular formula is C18H20N2O2S. The lowest BCUT2D eigenvalue weighted by atomic mass is 10.0. The maximum Gasteiger partial charge on any atom is 0.318 e. The van der Waals surface area contributed by atoms with Crippen LogP contribution >= 0.6 is 11.3 Å². The minimum atomic E-state index is 0.0389. The highest BCUT2D eigenvalue weighted by molar-refractivity contribution is 7.10. The quantitative estimate of drug-likeness (QED) is 0.901. The molecule has 2 aliphatic heterocycles. The van der Waals surface area contributed by atoms with Gasteiger partial charge in [-0.15, -0.1) is 11.3 Å². The Balaban J connectivity index is 1.50. The van der Waals surface area contributed by atoms with Gasteiger partial charge in [-0.05, 0) is 30.4 Å². The molecule has 1 aromatic carbocycles. The Morgan fingerprint density at radius 3 is 3.00 bits per heavy atom. The number of hydrogen-bond donors (Lipinski definition) is 1. The number of benzene rings is 1. The molecule has 0 saturated carbocycles. The lowest BCUT2D eigenvalue weighted by molar-refractivity contribution is 0.182. The van der Waals surface area contributed by atoms with E-state index in [1.807, 2.05) is 29.2 Å². The second kappa shape index (κ2) is 6.24. The number of para-hydroxylation sites is 1. The number of nitrogens with zero attached hydrogens (tertiary/aromatic N) is 1. The minimum Gasteiger partial charge on any atom is -0.493 e. The summed E-state index contributed by atoms with van der Waals surface area (Å²) >= 11 is 1.73. The highest BCUT2D eigenvalue weighted by Gasteiger charge is 2.32. The van der Waals surface area contributed by atoms with Gasteiger partial charge in [0.1, 0.15) is 5.75 Å². The molecule has 1 saturated heterocycles. The van der Waals surface area contributed by atoms with Crippen molar-refractivity contribution in [1.82, 2.24) is 10.2 Å². The van der Waals surface area contributed by atoms with Crippen molar-refractivity contribution in [2.45, 2.75) is 31.3 Å². The summed E-state index contributed by atoms with van der Waals surface area (Å²) in [5.41, 5.74) is 1.08. The average Bonchev–Trinajstić information content (AvgIpc) is 3.26. The number of amides is 2. The number of fused-ring (bicyclic) bond motifs is 1. The fourth-order valence-electron chi connectivity index (χ4n) is 3.51. The minimum absolute atomic E-state index is 0.0389. The molecule has 23 heavy (non-hydrogen) atoms. The number of thiophene rings is 1. The molecule has 2 aliphatic rings. The van der Waals surface area contributed by atoms with Gasteiger partial charge in [-0.3, -0.25) is 0 Å². The number of urea groups is 1. The van der Waals surface area contributed by atoms with E-state index in [9.17, 15) is 4.79 Å². The maximum absolute atomic E-state index is 12.8. The number of rotatable bonds is 2. The van der Waals surface area contributed by atoms with Crippen molar-refractivity contribution in [3.8, 4) is 5.75 Å². The second-order valence-electron chi connectivity index (χ2n) is 6.04. The molecule has 1 N–H and O–H groups in total. The van der Waals surface area contributed by atoms with Gasteiger partial charge >= 0.3 is 6.03 Å². The first-order valence-corrected chi connectivity index (χ1v) is 9.03. The van der Waals surface area contributed by atoms with E-state index in [0.717, 1.165) is 37.1 Å². The third-order valence-electron chi connectivity index (χ3n) is 4.64. The molecule has 0 spiro atoms. The molecular weight excluding hydrogens is 308 g/mol. The van der Waals surface area contributed by atoms with Crippen molar-refractivity contribution in [3.05, 3.63) is 52.2 Å². The van der Waals surface area contributed by atoms with Gasteiger partial charge in [0, 0.05) is 23.4 Å². The van der Waals surface area contributed by atoms with Gasteiger partial charge in [-0.2, -0.15) is 0 Å². The average molecular weight is 328 g/mol. The normalized spacial score (nSPS) is 23.2. The largest absolute Gasteiger partial charge is 0.493 e. The molecule has 0 aliphatic carbocycles. The van der Waals surface area contributed by atoms with Crippen LogP contribution in [0.5, 0.6) is 5.75 Å². The van der Waals surface area contributed by atoms with Crippen LogP contribution in [0, 0.1) is 0 Å². The van der Waals surface area contributed by atoms with Crippen molar-refractivity contribution in [2.75, 3.05) is 13.2 Å². The zero-order valence-electron chi connectivity index (χ0n) is 12.9. The fourth-order valence-corrected chi connectivity index (χ4v) is 4.38. The standard InChI is InChI=1S/C18H20N2O2S/c21-18(20-10-3-6-15(20)17-8-4-12-23-17)19-14-9-11-22-16-7-2-1-5-13(14)16/h1-2,4-5,7-8,12,14-15H,3,6,9-11H2,(H,19,21)/t14-,15+/m1/s1. The fraction of sp³-hybridized carbons (Fsp3) is 0.389. The van der Waals surface area contributed by atoms with Crippen molar-refractivity contribution < 1.29 is 9.53 Å². The van der Waals surface area contributed by atoms with E-state index in [-0.39, 0.29) is 18.1 Å². The Morgan fingerprint density at radius 1 is 1.22 bits per heavy atom. The molecule has 120 valence electrons. The van der Waals surface area contributed by atoms with Gasteiger partial charge in [-0.1, -0.05) is 24.3 Å². The van der Waals surface area contributed by atoms with Crippen LogP contribution in [-0.4, -0.2) is 24.1 Å². The van der Waals surface area contributed by atoms with Gasteiger partial charge in [-0.25, -0.2) is 4.79 Å². The van der Waals surface area contributed by atoms with Crippen molar-refractivity contribution in [2.24, 2.45) is 0 Å². The summed E-state index contributed by atoms with van der Waals surface area (Å²) in [5, 5.41) is 5.30. The van der Waals surface area contributed by atoms with E-state index >= 15 is 0 Å². The van der Waals surface area contributed by atoms with Crippen LogP contribution in [0.1, 0.15) is 41.8 Å². The Bertz CT molecular complexity index is 686. The van der Waals surface area contributed by atoms with Crippen LogP contribution in [0.4, 0.5) is 4.79 Å². The Kier molecular flexibility index (Phi) is 3.95. The molecule has 4 rings (SSSR count). The molecule has 1 aromatic heterocycles. The molecule has 5 heteroatoms. The first-order chi connectivity index (χ1) is 11.3. The third-order valence-corrected chi connectivity index (χ3v) is 5.62. The highest BCUT2D eigenvalue weighted by Crippen LogP contribution is 2.36. The summed E-state index contributed by atoms with van der Waals surface area (Å²) in [4.78, 5) is 16.1. The summed E-state index contributed by atoms with van der Waals surface area (Å²) in [5.74, 6) is 0.889. The van der Waals surface area contributed by atoms with Crippen LogP contribution in [0.25, 0.3) is 0 Å². The molecule has 2 atom stereocenters. The van der Waals surface area contributed by atoms with Gasteiger partial charge in [0.2, 0.25) is 0 Å². The molecule has 0 bridgehead atoms. The topological polar surface area (TPSA) is 41.6 Å². The summed E-state index contributed by atoms with van der Waals surface area (Å²) in [6.45, 7) is 1.48. The van der Waals surface area contributed by atoms with E-state index < -0.39 is 0 Å². The van der Waals surface area contributed by atoms with Crippen LogP contribution in [0.3, 0.4) is 0 Å². The summed E-state index contributed by atoms with van der Waals surface area (Å²) < 4.78 is 5.68. The SMILES string of the molecule is O=C(N[C@@H]1CCOc2ccccc21)N1CCC[C@H]1c1cccs1. The molecule has 0 radical (unpaired) electrons. The molecule has 0 unspecified atom stereocenters. The van der Waals surface area contributed by atoms with Gasteiger partial charge in [0.05, 0.1) is 18.7 Å². The van der Waals surface area contributed by atoms with Crippen LogP contribution in [0.2, 0.25) is 0 Å². The van der Waals surface area contributed by atoms with Gasteiger partial charge in [0.15, 0.2) is 0 Å². The van der Waals surface area contributed by atoms with Crippen molar-refractivity contribution in [3.63, 3.8) is 0 Å². The number of nitrogens with one attached hydrogen (secondary N) is 1. The highest BCUT2D eigenvalue weighted by atomic mass is 32.1. The third kappa shape index (κ3) is 2.81. The number of hydrogen-bond acceptors (Lipinski definition) is 3. The zero-order chi connectivity index (χ0) is 15.6. The van der Waals surface area contributed by atoms with Crippen molar-refractivity contribution in [1.29, 1.82) is 0 Å².